The van der Waals surface area contributed by atoms with Crippen LogP contribution in [0.2, 0.25) is 10.0 Å². The van der Waals surface area contributed by atoms with Gasteiger partial charge in [0.15, 0.2) is 0 Å². The van der Waals surface area contributed by atoms with Crippen molar-refractivity contribution in [3.05, 3.63) is 48.8 Å². The molecule has 0 aliphatic heterocycles. The second-order valence-electron chi connectivity index (χ2n) is 2.96. The first-order valence-electron chi connectivity index (χ1n) is 4.07. The van der Waals surface area contributed by atoms with E-state index in [1.165, 1.54) is 18.2 Å². The molecule has 16 heavy (non-hydrogen) atoms. The van der Waals surface area contributed by atoms with Gasteiger partial charge in [0.25, 0.3) is 5.69 Å². The molecule has 0 N–H and O–H groups in total. The van der Waals surface area contributed by atoms with Crippen LogP contribution in [-0.2, 0) is 0 Å². The second kappa shape index (κ2) is 3.77. The molecule has 2 aromatic rings. The Morgan fingerprint density at radius 1 is 1.25 bits per heavy atom. The molecule has 0 bridgehead atoms. The highest BCUT2D eigenvalue weighted by atomic mass is 35.5. The largest absolute Gasteiger partial charge is 0.422 e. The smallest absolute Gasteiger partial charge is 0.356 e. The predicted octanol–water partition coefficient (Wildman–Crippen LogP) is 3.01. The number of benzene rings is 1. The number of nitrogens with zero attached hydrogens (tertiary/aromatic N) is 1. The van der Waals surface area contributed by atoms with E-state index in [1.54, 1.807) is 0 Å². The number of nitro benzene ring substituents is 1. The summed E-state index contributed by atoms with van der Waals surface area (Å²) in [5.74, 6) is 0. The monoisotopic (exact) mass is 259 g/mol. The second-order valence-corrected chi connectivity index (χ2v) is 3.71. The van der Waals surface area contributed by atoms with Crippen molar-refractivity contribution in [1.82, 2.24) is 0 Å². The van der Waals surface area contributed by atoms with Gasteiger partial charge in [-0.25, -0.2) is 4.79 Å². The molecule has 0 saturated heterocycles. The molecule has 0 aliphatic carbocycles. The van der Waals surface area contributed by atoms with Gasteiger partial charge in [-0.1, -0.05) is 23.2 Å². The van der Waals surface area contributed by atoms with Gasteiger partial charge in [0, 0.05) is 17.5 Å². The minimum atomic E-state index is -0.770. The van der Waals surface area contributed by atoms with Crippen LogP contribution in [0.1, 0.15) is 0 Å². The molecule has 1 aromatic heterocycles. The molecule has 1 heterocycles. The van der Waals surface area contributed by atoms with Crippen molar-refractivity contribution in [3.8, 4) is 0 Å². The topological polar surface area (TPSA) is 73.3 Å². The van der Waals surface area contributed by atoms with E-state index >= 15 is 0 Å². The summed E-state index contributed by atoms with van der Waals surface area (Å²) in [7, 11) is 0. The highest BCUT2D eigenvalue weighted by Gasteiger charge is 2.14. The summed E-state index contributed by atoms with van der Waals surface area (Å²) >= 11 is 11.4. The first-order valence-corrected chi connectivity index (χ1v) is 4.82. The normalized spacial score (nSPS) is 10.6. The SMILES string of the molecule is O=c1oc2ccc([N+](=O)[O-])cc2c(Cl)c1Cl. The van der Waals surface area contributed by atoms with Gasteiger partial charge >= 0.3 is 5.63 Å². The summed E-state index contributed by atoms with van der Waals surface area (Å²) in [6.45, 7) is 0. The van der Waals surface area contributed by atoms with E-state index < -0.39 is 10.5 Å². The van der Waals surface area contributed by atoms with Crippen LogP contribution in [0.3, 0.4) is 0 Å². The van der Waals surface area contributed by atoms with Crippen LogP contribution in [0, 0.1) is 10.1 Å². The number of hydrogen-bond acceptors (Lipinski definition) is 4. The van der Waals surface area contributed by atoms with Crippen LogP contribution in [0.15, 0.2) is 27.4 Å². The maximum Gasteiger partial charge on any atom is 0.356 e. The summed E-state index contributed by atoms with van der Waals surface area (Å²) in [6, 6.07) is 3.72. The van der Waals surface area contributed by atoms with E-state index in [9.17, 15) is 14.9 Å². The molecular formula is C9H3Cl2NO4. The third-order valence-corrected chi connectivity index (χ3v) is 2.82. The van der Waals surface area contributed by atoms with Crippen LogP contribution < -0.4 is 5.63 Å². The minimum absolute atomic E-state index is 0.0448. The number of hydrogen-bond donors (Lipinski definition) is 0. The fraction of sp³-hybridized carbons (Fsp3) is 0. The fourth-order valence-electron chi connectivity index (χ4n) is 1.24. The van der Waals surface area contributed by atoms with Crippen LogP contribution >= 0.6 is 23.2 Å². The van der Waals surface area contributed by atoms with Gasteiger partial charge in [-0.3, -0.25) is 10.1 Å². The molecule has 0 radical (unpaired) electrons. The Kier molecular flexibility index (Phi) is 2.57. The maximum absolute atomic E-state index is 11.2. The predicted molar refractivity (Wildman–Crippen MR) is 59.2 cm³/mol. The van der Waals surface area contributed by atoms with Gasteiger partial charge in [-0.2, -0.15) is 0 Å². The van der Waals surface area contributed by atoms with Crippen molar-refractivity contribution in [1.29, 1.82) is 0 Å². The molecule has 0 atom stereocenters. The van der Waals surface area contributed by atoms with Gasteiger partial charge in [0.05, 0.1) is 9.95 Å². The number of fused-ring (bicyclic) bond motifs is 1. The van der Waals surface area contributed by atoms with Crippen LogP contribution in [0.25, 0.3) is 11.0 Å². The highest BCUT2D eigenvalue weighted by molar-refractivity contribution is 6.44. The molecular weight excluding hydrogens is 257 g/mol. The van der Waals surface area contributed by atoms with E-state index in [2.05, 4.69) is 0 Å². The molecule has 0 saturated carbocycles. The van der Waals surface area contributed by atoms with Gasteiger partial charge in [-0.05, 0) is 6.07 Å². The lowest BCUT2D eigenvalue weighted by atomic mass is 10.2. The van der Waals surface area contributed by atoms with Crippen molar-refractivity contribution in [2.45, 2.75) is 0 Å². The molecule has 0 spiro atoms. The Morgan fingerprint density at radius 3 is 2.56 bits per heavy atom. The maximum atomic E-state index is 11.2. The molecule has 7 heteroatoms. The third kappa shape index (κ3) is 1.64. The number of halogens is 2. The van der Waals surface area contributed by atoms with Gasteiger partial charge < -0.3 is 4.42 Å². The lowest BCUT2D eigenvalue weighted by Crippen LogP contribution is -2.00. The molecule has 5 nitrogen and oxygen atoms in total. The molecule has 82 valence electrons. The zero-order valence-corrected chi connectivity index (χ0v) is 9.08. The van der Waals surface area contributed by atoms with Crippen molar-refractivity contribution >= 4 is 39.9 Å². The standard InChI is InChI=1S/C9H3Cl2NO4/c10-7-5-3-4(12(14)15)1-2-6(5)16-9(13)8(7)11/h1-3H. The Bertz CT molecular complexity index is 650. The first kappa shape index (κ1) is 10.9. The Hall–Kier alpha value is -1.59. The van der Waals surface area contributed by atoms with E-state index in [1.807, 2.05) is 0 Å². The molecule has 0 amide bonds. The van der Waals surface area contributed by atoms with Gasteiger partial charge in [0.1, 0.15) is 10.6 Å². The number of nitro groups is 1. The summed E-state index contributed by atoms with van der Waals surface area (Å²) in [5, 5.41) is 10.5. The van der Waals surface area contributed by atoms with Crippen LogP contribution in [0.5, 0.6) is 0 Å². The van der Waals surface area contributed by atoms with Gasteiger partial charge in [0.2, 0.25) is 0 Å². The average molecular weight is 260 g/mol. The molecule has 0 unspecified atom stereocenters. The highest BCUT2D eigenvalue weighted by Crippen LogP contribution is 2.30. The van der Waals surface area contributed by atoms with E-state index in [0.717, 1.165) is 0 Å². The third-order valence-electron chi connectivity index (χ3n) is 1.99. The Morgan fingerprint density at radius 2 is 1.94 bits per heavy atom. The quantitative estimate of drug-likeness (QED) is 0.448. The fourth-order valence-corrected chi connectivity index (χ4v) is 1.61. The summed E-state index contributed by atoms with van der Waals surface area (Å²) in [5.41, 5.74) is -0.766. The molecule has 2 rings (SSSR count). The summed E-state index contributed by atoms with van der Waals surface area (Å²) in [4.78, 5) is 21.1. The summed E-state index contributed by atoms with van der Waals surface area (Å²) < 4.78 is 4.81. The Labute approximate surface area is 98.3 Å². The zero-order valence-electron chi connectivity index (χ0n) is 7.57. The van der Waals surface area contributed by atoms with Crippen LogP contribution in [0.4, 0.5) is 5.69 Å². The first-order chi connectivity index (χ1) is 7.50. The minimum Gasteiger partial charge on any atom is -0.422 e. The average Bonchev–Trinajstić information content (AvgIpc) is 2.25. The van der Waals surface area contributed by atoms with Crippen molar-refractivity contribution in [3.63, 3.8) is 0 Å². The van der Waals surface area contributed by atoms with Crippen LogP contribution in [-0.4, -0.2) is 4.92 Å². The molecule has 0 fully saturated rings. The number of rotatable bonds is 1. The van der Waals surface area contributed by atoms with E-state index in [4.69, 9.17) is 27.6 Å². The zero-order chi connectivity index (χ0) is 11.9. The van der Waals surface area contributed by atoms with Crippen molar-refractivity contribution < 1.29 is 9.34 Å². The lowest BCUT2D eigenvalue weighted by molar-refractivity contribution is -0.384. The van der Waals surface area contributed by atoms with Crippen molar-refractivity contribution in [2.24, 2.45) is 0 Å². The van der Waals surface area contributed by atoms with E-state index in [-0.39, 0.29) is 26.7 Å². The number of non-ortho nitro benzene ring substituents is 1. The summed E-state index contributed by atoms with van der Waals surface area (Å²) in [6.07, 6.45) is 0. The molecule has 1 aromatic carbocycles. The Balaban J connectivity index is 2.88. The van der Waals surface area contributed by atoms with Gasteiger partial charge in [-0.15, -0.1) is 0 Å². The van der Waals surface area contributed by atoms with E-state index in [0.29, 0.717) is 0 Å². The van der Waals surface area contributed by atoms with Crippen molar-refractivity contribution in [2.75, 3.05) is 0 Å². The molecule has 0 aliphatic rings. The lowest BCUT2D eigenvalue weighted by Gasteiger charge is -2.00.